The van der Waals surface area contributed by atoms with Crippen molar-refractivity contribution in [3.8, 4) is 0 Å². The number of hydrogen-bond acceptors (Lipinski definition) is 4. The average Bonchev–Trinajstić information content (AvgIpc) is 3.07. The van der Waals surface area contributed by atoms with Gasteiger partial charge in [-0.05, 0) is 30.5 Å². The Morgan fingerprint density at radius 2 is 1.71 bits per heavy atom. The third-order valence-electron chi connectivity index (χ3n) is 5.47. The maximum Gasteiger partial charge on any atom is 0.282 e. The molecule has 1 saturated heterocycles. The van der Waals surface area contributed by atoms with Crippen LogP contribution in [0.15, 0.2) is 59.7 Å². The molecular weight excluding hydrogens is 372 g/mol. The molecule has 0 spiro atoms. The van der Waals surface area contributed by atoms with Gasteiger partial charge in [0.15, 0.2) is 0 Å². The van der Waals surface area contributed by atoms with Crippen LogP contribution in [0.25, 0.3) is 0 Å². The fraction of sp³-hybridized carbons (Fsp3) is 0.364. The lowest BCUT2D eigenvalue weighted by Gasteiger charge is -2.28. The molecule has 0 aliphatic carbocycles. The highest BCUT2D eigenvalue weighted by atomic mass is 35.5. The summed E-state index contributed by atoms with van der Waals surface area (Å²) in [5, 5.41) is 9.28. The van der Waals surface area contributed by atoms with Crippen LogP contribution in [0, 0.1) is 5.92 Å². The van der Waals surface area contributed by atoms with Crippen LogP contribution in [0.1, 0.15) is 37.8 Å². The molecule has 2 aliphatic rings. The lowest BCUT2D eigenvalue weighted by atomic mass is 9.91. The second-order valence-corrected chi connectivity index (χ2v) is 7.82. The summed E-state index contributed by atoms with van der Waals surface area (Å²) < 4.78 is 0. The van der Waals surface area contributed by atoms with Crippen LogP contribution in [-0.4, -0.2) is 29.7 Å². The number of hydrogen-bond donors (Lipinski definition) is 1. The molecule has 0 bridgehead atoms. The van der Waals surface area contributed by atoms with Crippen LogP contribution in [-0.2, 0) is 4.79 Å². The van der Waals surface area contributed by atoms with E-state index in [4.69, 9.17) is 16.7 Å². The molecule has 1 N–H and O–H groups in total. The van der Waals surface area contributed by atoms with Gasteiger partial charge in [-0.3, -0.25) is 15.2 Å². The van der Waals surface area contributed by atoms with E-state index >= 15 is 0 Å². The van der Waals surface area contributed by atoms with Crippen molar-refractivity contribution in [3.63, 3.8) is 0 Å². The van der Waals surface area contributed by atoms with Gasteiger partial charge in [0.05, 0.1) is 16.8 Å². The molecule has 5 nitrogen and oxygen atoms in total. The summed E-state index contributed by atoms with van der Waals surface area (Å²) in [5.74, 6) is -0.187. The molecule has 0 unspecified atom stereocenters. The monoisotopic (exact) mass is 396 g/mol. The first kappa shape index (κ1) is 19.0. The van der Waals surface area contributed by atoms with Crippen molar-refractivity contribution in [1.82, 2.24) is 10.4 Å². The number of benzene rings is 2. The molecular formula is C22H25ClN4O. The van der Waals surface area contributed by atoms with Crippen LogP contribution < -0.4 is 10.4 Å². The Bertz CT molecular complexity index is 864. The molecule has 2 aromatic carbocycles. The number of carbonyl (C=O) groups is 1. The van der Waals surface area contributed by atoms with Gasteiger partial charge in [0.1, 0.15) is 5.71 Å². The average molecular weight is 397 g/mol. The molecule has 1 amide bonds. The van der Waals surface area contributed by atoms with E-state index in [1.165, 1.54) is 6.42 Å². The predicted molar refractivity (Wildman–Crippen MR) is 113 cm³/mol. The topological polar surface area (TPSA) is 47.9 Å². The zero-order valence-corrected chi connectivity index (χ0v) is 16.8. The van der Waals surface area contributed by atoms with Crippen molar-refractivity contribution in [3.05, 3.63) is 65.2 Å². The number of nitrogens with one attached hydrogen (secondary N) is 1. The highest BCUT2D eigenvalue weighted by molar-refractivity contribution is 6.40. The molecule has 4 rings (SSSR count). The van der Waals surface area contributed by atoms with E-state index in [9.17, 15) is 4.79 Å². The van der Waals surface area contributed by atoms with Crippen molar-refractivity contribution in [1.29, 1.82) is 0 Å². The van der Waals surface area contributed by atoms with Gasteiger partial charge in [-0.25, -0.2) is 5.01 Å². The standard InChI is InChI=1S/C22H25ClN4O/c1-16-20(22(28)25-26-14-8-3-9-15-26)24-27(19-13-7-6-12-18(19)23)21(16)17-10-4-2-5-11-17/h2,4-7,10-13,16,21H,3,8-9,14-15H2,1H3,(H,25,28)/t16-,21-/m0/s1. The minimum Gasteiger partial charge on any atom is -0.284 e. The number of hydrazone groups is 1. The number of anilines is 1. The van der Waals surface area contributed by atoms with E-state index in [1.54, 1.807) is 0 Å². The van der Waals surface area contributed by atoms with Gasteiger partial charge in [0.2, 0.25) is 0 Å². The molecule has 0 radical (unpaired) electrons. The Balaban J connectivity index is 1.66. The van der Waals surface area contributed by atoms with Crippen molar-refractivity contribution < 1.29 is 4.79 Å². The van der Waals surface area contributed by atoms with Crippen LogP contribution in [0.5, 0.6) is 0 Å². The molecule has 28 heavy (non-hydrogen) atoms. The molecule has 6 heteroatoms. The number of nitrogens with zero attached hydrogens (tertiary/aromatic N) is 3. The summed E-state index contributed by atoms with van der Waals surface area (Å²) in [4.78, 5) is 13.0. The first-order chi connectivity index (χ1) is 13.6. The summed E-state index contributed by atoms with van der Waals surface area (Å²) in [5.41, 5.74) is 5.52. The minimum atomic E-state index is -0.120. The second-order valence-electron chi connectivity index (χ2n) is 7.41. The molecule has 1 fully saturated rings. The summed E-state index contributed by atoms with van der Waals surface area (Å²) in [6, 6.07) is 17.7. The molecule has 0 aromatic heterocycles. The van der Waals surface area contributed by atoms with E-state index in [0.717, 1.165) is 37.2 Å². The Morgan fingerprint density at radius 3 is 2.43 bits per heavy atom. The number of amides is 1. The Hall–Kier alpha value is -2.37. The SMILES string of the molecule is C[C@H]1C(C(=O)NN2CCCCC2)=NN(c2ccccc2Cl)[C@@H]1c1ccccc1. The number of para-hydroxylation sites is 1. The molecule has 2 heterocycles. The molecule has 146 valence electrons. The smallest absolute Gasteiger partial charge is 0.282 e. The van der Waals surface area contributed by atoms with E-state index in [2.05, 4.69) is 24.5 Å². The highest BCUT2D eigenvalue weighted by Crippen LogP contribution is 2.41. The van der Waals surface area contributed by atoms with E-state index < -0.39 is 0 Å². The fourth-order valence-electron chi connectivity index (χ4n) is 4.01. The van der Waals surface area contributed by atoms with Gasteiger partial charge >= 0.3 is 0 Å². The maximum atomic E-state index is 13.0. The summed E-state index contributed by atoms with van der Waals surface area (Å²) in [6.45, 7) is 3.84. The lowest BCUT2D eigenvalue weighted by molar-refractivity contribution is -0.120. The van der Waals surface area contributed by atoms with Crippen LogP contribution in [0.2, 0.25) is 5.02 Å². The lowest BCUT2D eigenvalue weighted by Crippen LogP contribution is -2.48. The van der Waals surface area contributed by atoms with Gasteiger partial charge in [-0.15, -0.1) is 0 Å². The zero-order chi connectivity index (χ0) is 19.5. The van der Waals surface area contributed by atoms with E-state index in [0.29, 0.717) is 10.7 Å². The maximum absolute atomic E-state index is 13.0. The first-order valence-corrected chi connectivity index (χ1v) is 10.3. The molecule has 0 saturated carbocycles. The van der Waals surface area contributed by atoms with Crippen LogP contribution >= 0.6 is 11.6 Å². The van der Waals surface area contributed by atoms with Crippen LogP contribution in [0.3, 0.4) is 0 Å². The third kappa shape index (κ3) is 3.77. The largest absolute Gasteiger partial charge is 0.284 e. The molecule has 2 atom stereocenters. The fourth-order valence-corrected chi connectivity index (χ4v) is 4.23. The Labute approximate surface area is 170 Å². The third-order valence-corrected chi connectivity index (χ3v) is 5.79. The van der Waals surface area contributed by atoms with Crippen molar-refractivity contribution >= 4 is 28.9 Å². The zero-order valence-electron chi connectivity index (χ0n) is 16.0. The van der Waals surface area contributed by atoms with E-state index in [-0.39, 0.29) is 17.9 Å². The number of piperidine rings is 1. The van der Waals surface area contributed by atoms with Crippen molar-refractivity contribution in [2.45, 2.75) is 32.2 Å². The summed E-state index contributed by atoms with van der Waals surface area (Å²) in [6.07, 6.45) is 3.45. The van der Waals surface area contributed by atoms with Gasteiger partial charge in [-0.2, -0.15) is 5.10 Å². The van der Waals surface area contributed by atoms with Gasteiger partial charge in [0, 0.05) is 19.0 Å². The number of rotatable bonds is 4. The quantitative estimate of drug-likeness (QED) is 0.832. The number of hydrazine groups is 1. The van der Waals surface area contributed by atoms with Crippen molar-refractivity contribution in [2.24, 2.45) is 11.0 Å². The summed E-state index contributed by atoms with van der Waals surface area (Å²) in [7, 11) is 0. The van der Waals surface area contributed by atoms with Gasteiger partial charge in [0.25, 0.3) is 5.91 Å². The second kappa shape index (κ2) is 8.33. The van der Waals surface area contributed by atoms with Crippen LogP contribution in [0.4, 0.5) is 5.69 Å². The predicted octanol–water partition coefficient (Wildman–Crippen LogP) is 4.41. The molecule has 2 aromatic rings. The Kier molecular flexibility index (Phi) is 5.64. The van der Waals surface area contributed by atoms with Gasteiger partial charge in [-0.1, -0.05) is 67.4 Å². The number of carbonyl (C=O) groups excluding carboxylic acids is 1. The first-order valence-electron chi connectivity index (χ1n) is 9.88. The number of halogens is 1. The molecule has 2 aliphatic heterocycles. The van der Waals surface area contributed by atoms with E-state index in [1.807, 2.05) is 52.5 Å². The minimum absolute atomic E-state index is 0.0662. The summed E-state index contributed by atoms with van der Waals surface area (Å²) >= 11 is 6.47. The highest BCUT2D eigenvalue weighted by Gasteiger charge is 2.40. The normalized spacial score (nSPS) is 22.8. The van der Waals surface area contributed by atoms with Crippen molar-refractivity contribution in [2.75, 3.05) is 18.1 Å². The Morgan fingerprint density at radius 1 is 1.04 bits per heavy atom. The van der Waals surface area contributed by atoms with Gasteiger partial charge < -0.3 is 0 Å².